The fourth-order valence-electron chi connectivity index (χ4n) is 4.44. The van der Waals surface area contributed by atoms with Crippen molar-refractivity contribution in [3.63, 3.8) is 0 Å². The van der Waals surface area contributed by atoms with Crippen molar-refractivity contribution in [3.05, 3.63) is 24.8 Å². The Bertz CT molecular complexity index is 413. The van der Waals surface area contributed by atoms with Crippen LogP contribution in [-0.4, -0.2) is 38.6 Å². The van der Waals surface area contributed by atoms with E-state index in [2.05, 4.69) is 61.5 Å². The molecule has 0 aromatic rings. The maximum absolute atomic E-state index is 4.35. The summed E-state index contributed by atoms with van der Waals surface area (Å²) in [5.74, 6) is 3.31. The van der Waals surface area contributed by atoms with E-state index < -0.39 is 0 Å². The van der Waals surface area contributed by atoms with Gasteiger partial charge in [0, 0.05) is 18.1 Å². The van der Waals surface area contributed by atoms with Crippen LogP contribution in [0.25, 0.3) is 0 Å². The predicted octanol–water partition coefficient (Wildman–Crippen LogP) is 4.95. The van der Waals surface area contributed by atoms with Crippen LogP contribution in [0.1, 0.15) is 46.0 Å². The molecule has 0 amide bonds. The number of rotatable bonds is 3. The van der Waals surface area contributed by atoms with Gasteiger partial charge in [0.25, 0.3) is 0 Å². The van der Waals surface area contributed by atoms with E-state index in [4.69, 9.17) is 0 Å². The summed E-state index contributed by atoms with van der Waals surface area (Å²) < 4.78 is 0.481. The molecule has 3 aliphatic rings. The van der Waals surface area contributed by atoms with Crippen LogP contribution in [-0.2, 0) is 0 Å². The standard InChI is InChI=1S/C18H29NS2/c1-5-14(4)16-8-7-15-11-18(20-9-6-10-21-18)12-17(13(2)3)19(15)16/h5,14-17H,1-2,6-12H2,3-4H3/t14-,15+,16+,17+/m0/s1. The van der Waals surface area contributed by atoms with Gasteiger partial charge in [-0.1, -0.05) is 25.2 Å². The monoisotopic (exact) mass is 323 g/mol. The summed E-state index contributed by atoms with van der Waals surface area (Å²) in [5.41, 5.74) is 1.37. The molecule has 3 saturated heterocycles. The second kappa shape index (κ2) is 6.33. The second-order valence-electron chi connectivity index (χ2n) is 7.07. The molecule has 118 valence electrons. The minimum atomic E-state index is 0.481. The minimum absolute atomic E-state index is 0.481. The normalized spacial score (nSPS) is 37.1. The Labute approximate surface area is 139 Å². The van der Waals surface area contributed by atoms with Crippen LogP contribution < -0.4 is 0 Å². The summed E-state index contributed by atoms with van der Waals surface area (Å²) >= 11 is 4.49. The minimum Gasteiger partial charge on any atom is -0.290 e. The van der Waals surface area contributed by atoms with Crippen molar-refractivity contribution < 1.29 is 0 Å². The molecule has 0 saturated carbocycles. The summed E-state index contributed by atoms with van der Waals surface area (Å²) in [5, 5.41) is 0. The largest absolute Gasteiger partial charge is 0.290 e. The molecule has 3 aliphatic heterocycles. The lowest BCUT2D eigenvalue weighted by Crippen LogP contribution is -2.55. The van der Waals surface area contributed by atoms with E-state index in [1.165, 1.54) is 49.2 Å². The van der Waals surface area contributed by atoms with E-state index in [9.17, 15) is 0 Å². The van der Waals surface area contributed by atoms with Gasteiger partial charge in [0.15, 0.2) is 0 Å². The van der Waals surface area contributed by atoms with Crippen LogP contribution in [0.2, 0.25) is 0 Å². The number of hydrogen-bond acceptors (Lipinski definition) is 3. The zero-order chi connectivity index (χ0) is 15.0. The molecule has 0 aliphatic carbocycles. The van der Waals surface area contributed by atoms with E-state index in [0.29, 0.717) is 22.1 Å². The fraction of sp³-hybridized carbons (Fsp3) is 0.778. The molecule has 3 heteroatoms. The molecule has 3 heterocycles. The highest BCUT2D eigenvalue weighted by Crippen LogP contribution is 2.55. The van der Waals surface area contributed by atoms with E-state index in [-0.39, 0.29) is 0 Å². The van der Waals surface area contributed by atoms with Gasteiger partial charge in [0.05, 0.1) is 4.08 Å². The maximum Gasteiger partial charge on any atom is 0.0644 e. The summed E-state index contributed by atoms with van der Waals surface area (Å²) in [6, 6.07) is 2.04. The van der Waals surface area contributed by atoms with E-state index in [0.717, 1.165) is 6.04 Å². The predicted molar refractivity (Wildman–Crippen MR) is 98.1 cm³/mol. The average molecular weight is 324 g/mol. The smallest absolute Gasteiger partial charge is 0.0644 e. The topological polar surface area (TPSA) is 3.24 Å². The van der Waals surface area contributed by atoms with Crippen LogP contribution in [0.15, 0.2) is 24.8 Å². The Kier molecular flexibility index (Phi) is 4.83. The number of fused-ring (bicyclic) bond motifs is 1. The van der Waals surface area contributed by atoms with Crippen molar-refractivity contribution in [2.45, 2.75) is 68.2 Å². The van der Waals surface area contributed by atoms with E-state index in [1.54, 1.807) is 0 Å². The zero-order valence-electron chi connectivity index (χ0n) is 13.5. The third-order valence-electron chi connectivity index (χ3n) is 5.58. The molecule has 4 atom stereocenters. The first-order chi connectivity index (χ1) is 10.1. The first-order valence-electron chi connectivity index (χ1n) is 8.39. The Morgan fingerprint density at radius 1 is 1.29 bits per heavy atom. The van der Waals surface area contributed by atoms with E-state index in [1.807, 2.05) is 0 Å². The first kappa shape index (κ1) is 16.0. The first-order valence-corrected chi connectivity index (χ1v) is 10.4. The van der Waals surface area contributed by atoms with Gasteiger partial charge in [0.2, 0.25) is 0 Å². The molecule has 21 heavy (non-hydrogen) atoms. The number of nitrogens with zero attached hydrogens (tertiary/aromatic N) is 1. The summed E-state index contributed by atoms with van der Waals surface area (Å²) in [4.78, 5) is 2.83. The van der Waals surface area contributed by atoms with Gasteiger partial charge < -0.3 is 0 Å². The average Bonchev–Trinajstić information content (AvgIpc) is 2.89. The maximum atomic E-state index is 4.35. The molecular weight excluding hydrogens is 294 g/mol. The van der Waals surface area contributed by atoms with Gasteiger partial charge in [-0.05, 0) is 56.5 Å². The molecule has 1 spiro atoms. The molecule has 1 nitrogen and oxygen atoms in total. The second-order valence-corrected chi connectivity index (χ2v) is 10.3. The van der Waals surface area contributed by atoms with Gasteiger partial charge >= 0.3 is 0 Å². The Balaban J connectivity index is 1.85. The third kappa shape index (κ3) is 2.98. The lowest BCUT2D eigenvalue weighted by Gasteiger charge is -2.52. The molecular formula is C18H29NS2. The summed E-state index contributed by atoms with van der Waals surface area (Å²) in [6.07, 6.45) is 8.93. The van der Waals surface area contributed by atoms with Crippen molar-refractivity contribution >= 4 is 23.5 Å². The summed E-state index contributed by atoms with van der Waals surface area (Å²) in [7, 11) is 0. The highest BCUT2D eigenvalue weighted by atomic mass is 32.2. The molecule has 0 radical (unpaired) electrons. The zero-order valence-corrected chi connectivity index (χ0v) is 15.1. The van der Waals surface area contributed by atoms with Crippen LogP contribution in [0, 0.1) is 5.92 Å². The molecule has 0 N–H and O–H groups in total. The van der Waals surface area contributed by atoms with Crippen molar-refractivity contribution in [2.24, 2.45) is 5.92 Å². The van der Waals surface area contributed by atoms with Gasteiger partial charge in [-0.2, -0.15) is 0 Å². The van der Waals surface area contributed by atoms with Crippen molar-refractivity contribution in [2.75, 3.05) is 11.5 Å². The number of thioether (sulfide) groups is 2. The molecule has 0 aromatic heterocycles. The molecule has 0 bridgehead atoms. The third-order valence-corrected chi connectivity index (χ3v) is 8.99. The Hall–Kier alpha value is 0.140. The van der Waals surface area contributed by atoms with Gasteiger partial charge in [0.1, 0.15) is 0 Å². The van der Waals surface area contributed by atoms with Crippen molar-refractivity contribution in [1.82, 2.24) is 4.90 Å². The number of hydrogen-bond donors (Lipinski definition) is 0. The Morgan fingerprint density at radius 3 is 2.62 bits per heavy atom. The molecule has 3 rings (SSSR count). The SMILES string of the molecule is C=C[C@H](C)[C@H]1CC[C@@H]2CC3(C[C@H](C(=C)C)N21)SCCCS3. The fourth-order valence-corrected chi connectivity index (χ4v) is 7.95. The summed E-state index contributed by atoms with van der Waals surface area (Å²) in [6.45, 7) is 13.0. The van der Waals surface area contributed by atoms with Gasteiger partial charge in [-0.3, -0.25) is 4.90 Å². The van der Waals surface area contributed by atoms with Crippen LogP contribution >= 0.6 is 23.5 Å². The van der Waals surface area contributed by atoms with E-state index >= 15 is 0 Å². The Morgan fingerprint density at radius 2 is 2.00 bits per heavy atom. The van der Waals surface area contributed by atoms with Gasteiger partial charge in [-0.25, -0.2) is 0 Å². The van der Waals surface area contributed by atoms with Crippen LogP contribution in [0.3, 0.4) is 0 Å². The van der Waals surface area contributed by atoms with Crippen molar-refractivity contribution in [3.8, 4) is 0 Å². The quantitative estimate of drug-likeness (QED) is 0.677. The highest BCUT2D eigenvalue weighted by Gasteiger charge is 2.51. The molecule has 0 unspecified atom stereocenters. The van der Waals surface area contributed by atoms with Crippen molar-refractivity contribution in [1.29, 1.82) is 0 Å². The number of piperidine rings is 1. The van der Waals surface area contributed by atoms with Gasteiger partial charge in [-0.15, -0.1) is 30.1 Å². The molecule has 0 aromatic carbocycles. The van der Waals surface area contributed by atoms with Crippen LogP contribution in [0.4, 0.5) is 0 Å². The highest BCUT2D eigenvalue weighted by molar-refractivity contribution is 8.18. The lowest BCUT2D eigenvalue weighted by atomic mass is 9.90. The lowest BCUT2D eigenvalue weighted by molar-refractivity contribution is 0.0843. The molecule has 3 fully saturated rings. The van der Waals surface area contributed by atoms with Crippen LogP contribution in [0.5, 0.6) is 0 Å².